The summed E-state index contributed by atoms with van der Waals surface area (Å²) < 4.78 is 1.86. The van der Waals surface area contributed by atoms with Gasteiger partial charge in [-0.2, -0.15) is 5.10 Å². The Labute approximate surface area is 173 Å². The smallest absolute Gasteiger partial charge is 0.237 e. The second-order valence-corrected chi connectivity index (χ2v) is 8.70. The molecule has 2 aliphatic rings. The Hall–Kier alpha value is -2.18. The van der Waals surface area contributed by atoms with Crippen molar-refractivity contribution in [3.8, 4) is 11.1 Å². The van der Waals surface area contributed by atoms with Gasteiger partial charge in [-0.05, 0) is 62.7 Å². The maximum Gasteiger partial charge on any atom is 0.237 e. The molecule has 6 heteroatoms. The van der Waals surface area contributed by atoms with Crippen molar-refractivity contribution in [2.45, 2.75) is 45.2 Å². The zero-order chi connectivity index (χ0) is 20.2. The predicted molar refractivity (Wildman–Crippen MR) is 115 cm³/mol. The lowest BCUT2D eigenvalue weighted by atomic mass is 9.95. The molecular formula is C23H33N5O. The Kier molecular flexibility index (Phi) is 6.31. The molecule has 0 spiro atoms. The van der Waals surface area contributed by atoms with Crippen LogP contribution in [0.25, 0.3) is 11.1 Å². The molecule has 0 saturated carbocycles. The van der Waals surface area contributed by atoms with Crippen LogP contribution in [0.2, 0.25) is 0 Å². The minimum Gasteiger partial charge on any atom is -0.354 e. The topological polar surface area (TPSA) is 62.2 Å². The molecule has 0 aliphatic carbocycles. The van der Waals surface area contributed by atoms with Crippen molar-refractivity contribution in [3.63, 3.8) is 0 Å². The zero-order valence-corrected chi connectivity index (χ0v) is 17.7. The molecule has 2 aromatic rings. The highest BCUT2D eigenvalue weighted by atomic mass is 16.2. The molecule has 29 heavy (non-hydrogen) atoms. The zero-order valence-electron chi connectivity index (χ0n) is 17.7. The van der Waals surface area contributed by atoms with Gasteiger partial charge in [0.05, 0.1) is 12.2 Å². The van der Waals surface area contributed by atoms with Gasteiger partial charge in [0, 0.05) is 38.4 Å². The molecule has 0 bridgehead atoms. The first-order chi connectivity index (χ1) is 14.1. The standard InChI is InChI=1S/C23H33N5O/c1-17-7-8-19(21(11-17)20-13-26-27(2)15-20)16-28-10-4-5-18(14-28)12-25-23(29)22-6-3-9-24-22/h7-8,11,13,15,18,22,24H,3-6,9-10,12,14,16H2,1-2H3,(H,25,29). The van der Waals surface area contributed by atoms with Crippen molar-refractivity contribution in [2.75, 3.05) is 26.2 Å². The molecule has 0 radical (unpaired) electrons. The van der Waals surface area contributed by atoms with E-state index in [4.69, 9.17) is 0 Å². The van der Waals surface area contributed by atoms with Crippen molar-refractivity contribution in [2.24, 2.45) is 13.0 Å². The van der Waals surface area contributed by atoms with Gasteiger partial charge >= 0.3 is 0 Å². The monoisotopic (exact) mass is 395 g/mol. The molecule has 1 amide bonds. The lowest BCUT2D eigenvalue weighted by Crippen LogP contribution is -2.45. The largest absolute Gasteiger partial charge is 0.354 e. The highest BCUT2D eigenvalue weighted by Crippen LogP contribution is 2.27. The van der Waals surface area contributed by atoms with Crippen molar-refractivity contribution in [1.29, 1.82) is 0 Å². The number of rotatable bonds is 6. The highest BCUT2D eigenvalue weighted by molar-refractivity contribution is 5.82. The number of likely N-dealkylation sites (tertiary alicyclic amines) is 1. The van der Waals surface area contributed by atoms with Gasteiger partial charge in [-0.15, -0.1) is 0 Å². The Morgan fingerprint density at radius 2 is 2.21 bits per heavy atom. The third kappa shape index (κ3) is 5.06. The van der Waals surface area contributed by atoms with E-state index in [0.29, 0.717) is 5.92 Å². The summed E-state index contributed by atoms with van der Waals surface area (Å²) in [7, 11) is 1.96. The second-order valence-electron chi connectivity index (χ2n) is 8.70. The van der Waals surface area contributed by atoms with E-state index in [1.165, 1.54) is 35.1 Å². The molecule has 2 N–H and O–H groups in total. The van der Waals surface area contributed by atoms with Crippen LogP contribution in [-0.4, -0.2) is 52.8 Å². The lowest BCUT2D eigenvalue weighted by Gasteiger charge is -2.33. The number of benzene rings is 1. The maximum absolute atomic E-state index is 12.3. The van der Waals surface area contributed by atoms with Gasteiger partial charge in [-0.3, -0.25) is 14.4 Å². The van der Waals surface area contributed by atoms with Crippen LogP contribution >= 0.6 is 0 Å². The molecule has 2 fully saturated rings. The minimum absolute atomic E-state index is 0.0179. The normalized spacial score (nSPS) is 22.7. The van der Waals surface area contributed by atoms with Crippen LogP contribution < -0.4 is 10.6 Å². The van der Waals surface area contributed by atoms with Crippen molar-refractivity contribution in [3.05, 3.63) is 41.7 Å². The van der Waals surface area contributed by atoms with Gasteiger partial charge in [0.1, 0.15) is 0 Å². The van der Waals surface area contributed by atoms with Gasteiger partial charge in [0.15, 0.2) is 0 Å². The number of carbonyl (C=O) groups excluding carboxylic acids is 1. The number of nitrogens with one attached hydrogen (secondary N) is 2. The number of carbonyl (C=O) groups is 1. The molecule has 2 unspecified atom stereocenters. The first kappa shape index (κ1) is 20.1. The molecule has 3 heterocycles. The summed E-state index contributed by atoms with van der Waals surface area (Å²) in [6.07, 6.45) is 8.49. The molecule has 2 saturated heterocycles. The Morgan fingerprint density at radius 1 is 1.31 bits per heavy atom. The van der Waals surface area contributed by atoms with Crippen molar-refractivity contribution >= 4 is 5.91 Å². The van der Waals surface area contributed by atoms with Gasteiger partial charge < -0.3 is 10.6 Å². The third-order valence-corrected chi connectivity index (χ3v) is 6.22. The van der Waals surface area contributed by atoms with Gasteiger partial charge in [-0.25, -0.2) is 0 Å². The molecule has 156 valence electrons. The van der Waals surface area contributed by atoms with E-state index in [1.807, 2.05) is 17.9 Å². The molecule has 1 aromatic carbocycles. The molecule has 1 aromatic heterocycles. The quantitative estimate of drug-likeness (QED) is 0.789. The van der Waals surface area contributed by atoms with Crippen molar-refractivity contribution in [1.82, 2.24) is 25.3 Å². The Morgan fingerprint density at radius 3 is 2.97 bits per heavy atom. The summed E-state index contributed by atoms with van der Waals surface area (Å²) in [5.74, 6) is 0.707. The number of piperidine rings is 1. The Bertz CT molecular complexity index is 840. The Balaban J connectivity index is 1.37. The minimum atomic E-state index is 0.0179. The summed E-state index contributed by atoms with van der Waals surface area (Å²) in [5.41, 5.74) is 5.08. The first-order valence-corrected chi connectivity index (χ1v) is 10.9. The molecule has 2 aliphatic heterocycles. The van der Waals surface area contributed by atoms with Gasteiger partial charge in [0.2, 0.25) is 5.91 Å². The van der Waals surface area contributed by atoms with E-state index in [0.717, 1.165) is 45.6 Å². The van der Waals surface area contributed by atoms with Gasteiger partial charge in [-0.1, -0.05) is 23.8 Å². The number of amides is 1. The lowest BCUT2D eigenvalue weighted by molar-refractivity contribution is -0.123. The van der Waals surface area contributed by atoms with E-state index in [-0.39, 0.29) is 11.9 Å². The van der Waals surface area contributed by atoms with E-state index in [9.17, 15) is 4.79 Å². The number of hydrogen-bond acceptors (Lipinski definition) is 4. The van der Waals surface area contributed by atoms with Crippen LogP contribution in [0.3, 0.4) is 0 Å². The molecule has 6 nitrogen and oxygen atoms in total. The summed E-state index contributed by atoms with van der Waals surface area (Å²) in [6.45, 7) is 7.00. The van der Waals surface area contributed by atoms with Crippen molar-refractivity contribution < 1.29 is 4.79 Å². The van der Waals surface area contributed by atoms with Crippen LogP contribution in [-0.2, 0) is 18.4 Å². The summed E-state index contributed by atoms with van der Waals surface area (Å²) in [5, 5.41) is 10.8. The van der Waals surface area contributed by atoms with Crippen LogP contribution in [0.5, 0.6) is 0 Å². The highest BCUT2D eigenvalue weighted by Gasteiger charge is 2.25. The fourth-order valence-corrected chi connectivity index (χ4v) is 4.64. The van der Waals surface area contributed by atoms with Crippen LogP contribution in [0.4, 0.5) is 0 Å². The SMILES string of the molecule is Cc1ccc(CN2CCCC(CNC(=O)C3CCCN3)C2)c(-c2cnn(C)c2)c1. The summed E-state index contributed by atoms with van der Waals surface area (Å²) in [6, 6.07) is 6.74. The van der Waals surface area contributed by atoms with Crippen LogP contribution in [0.1, 0.15) is 36.8 Å². The van der Waals surface area contributed by atoms with E-state index < -0.39 is 0 Å². The average Bonchev–Trinajstić information content (AvgIpc) is 3.40. The average molecular weight is 396 g/mol. The first-order valence-electron chi connectivity index (χ1n) is 10.9. The molecule has 2 atom stereocenters. The maximum atomic E-state index is 12.3. The van der Waals surface area contributed by atoms with E-state index in [2.05, 4.69) is 52.0 Å². The number of aromatic nitrogens is 2. The number of nitrogens with zero attached hydrogens (tertiary/aromatic N) is 3. The number of hydrogen-bond donors (Lipinski definition) is 2. The summed E-state index contributed by atoms with van der Waals surface area (Å²) >= 11 is 0. The summed E-state index contributed by atoms with van der Waals surface area (Å²) in [4.78, 5) is 14.8. The fraction of sp³-hybridized carbons (Fsp3) is 0.565. The fourth-order valence-electron chi connectivity index (χ4n) is 4.64. The van der Waals surface area contributed by atoms with Crippen LogP contribution in [0.15, 0.2) is 30.6 Å². The predicted octanol–water partition coefficient (Wildman–Crippen LogP) is 2.48. The van der Waals surface area contributed by atoms with Gasteiger partial charge in [0.25, 0.3) is 0 Å². The molecular weight excluding hydrogens is 362 g/mol. The third-order valence-electron chi connectivity index (χ3n) is 6.22. The van der Waals surface area contributed by atoms with Crippen LogP contribution in [0, 0.1) is 12.8 Å². The molecule has 4 rings (SSSR count). The number of aryl methyl sites for hydroxylation is 2. The van der Waals surface area contributed by atoms with E-state index in [1.54, 1.807) is 0 Å². The second kappa shape index (κ2) is 9.09. The van der Waals surface area contributed by atoms with E-state index >= 15 is 0 Å².